The molecule has 0 N–H and O–H groups in total. The van der Waals surface area contributed by atoms with Crippen LogP contribution in [-0.4, -0.2) is 19.5 Å². The van der Waals surface area contributed by atoms with Gasteiger partial charge in [0, 0.05) is 44.3 Å². The second-order valence-electron chi connectivity index (χ2n) is 15.2. The van der Waals surface area contributed by atoms with Gasteiger partial charge in [-0.05, 0) is 69.4 Å². The van der Waals surface area contributed by atoms with Crippen molar-refractivity contribution in [1.82, 2.24) is 19.5 Å². The van der Waals surface area contributed by atoms with Gasteiger partial charge in [-0.15, -0.1) is 0 Å². The molecule has 280 valence electrons. The summed E-state index contributed by atoms with van der Waals surface area (Å²) in [6.07, 6.45) is 0. The molecule has 0 aliphatic heterocycles. The molecule has 0 amide bonds. The van der Waals surface area contributed by atoms with E-state index in [1.54, 1.807) is 0 Å². The van der Waals surface area contributed by atoms with Crippen molar-refractivity contribution in [3.63, 3.8) is 0 Å². The number of hydrogen-bond acceptors (Lipinski definition) is 4. The SMILES string of the molecule is c1ccc(-c2ccc(-c3nc(-c4ccccc4)nc(-c4cccc(-c5cc(-n6c7ccccc7c7cc8ccccc8cc76)cc6oc7ccccc7c56)c4)n3)cc2)cc1. The molecule has 12 aromatic rings. The highest BCUT2D eigenvalue weighted by Gasteiger charge is 2.20. The molecule has 60 heavy (non-hydrogen) atoms. The van der Waals surface area contributed by atoms with Gasteiger partial charge < -0.3 is 8.98 Å². The molecule has 0 radical (unpaired) electrons. The molecule has 0 aliphatic rings. The van der Waals surface area contributed by atoms with Crippen molar-refractivity contribution in [1.29, 1.82) is 0 Å². The third-order valence-corrected chi connectivity index (χ3v) is 11.6. The highest BCUT2D eigenvalue weighted by Crippen LogP contribution is 2.42. The first-order valence-electron chi connectivity index (χ1n) is 20.2. The number of aromatic nitrogens is 4. The number of nitrogens with zero attached hydrogens (tertiary/aromatic N) is 4. The van der Waals surface area contributed by atoms with Crippen molar-refractivity contribution in [2.45, 2.75) is 0 Å². The maximum atomic E-state index is 6.68. The fraction of sp³-hybridized carbons (Fsp3) is 0. The average Bonchev–Trinajstić information content (AvgIpc) is 3.86. The number of para-hydroxylation sites is 2. The molecule has 0 aliphatic carbocycles. The Morgan fingerprint density at radius 3 is 1.65 bits per heavy atom. The summed E-state index contributed by atoms with van der Waals surface area (Å²) in [6, 6.07) is 72.2. The van der Waals surface area contributed by atoms with Gasteiger partial charge in [-0.3, -0.25) is 0 Å². The summed E-state index contributed by atoms with van der Waals surface area (Å²) in [4.78, 5) is 15.3. The predicted octanol–water partition coefficient (Wildman–Crippen LogP) is 14.4. The molecule has 0 saturated heterocycles. The third kappa shape index (κ3) is 5.67. The van der Waals surface area contributed by atoms with Gasteiger partial charge >= 0.3 is 0 Å². The molecule has 0 bridgehead atoms. The molecular formula is C55H34N4O. The standard InChI is InChI=1S/C55H34N4O/c1-3-14-35(15-4-1)36-26-28-38(29-27-36)54-56-53(37-16-5-2-6-17-37)57-55(58-54)42-21-13-20-41(30-42)46-33-43(34-51-52(46)45-23-10-12-25-50(45)60-51)59-48-24-11-9-22-44(48)47-31-39-18-7-8-19-40(39)32-49(47)59/h1-34H. The summed E-state index contributed by atoms with van der Waals surface area (Å²) < 4.78 is 9.06. The van der Waals surface area contributed by atoms with Crippen molar-refractivity contribution in [2.75, 3.05) is 0 Å². The Bertz CT molecular complexity index is 3590. The summed E-state index contributed by atoms with van der Waals surface area (Å²) in [5.41, 5.74) is 12.1. The number of rotatable bonds is 6. The van der Waals surface area contributed by atoms with Crippen LogP contribution < -0.4 is 0 Å². The van der Waals surface area contributed by atoms with Crippen LogP contribution in [0, 0.1) is 0 Å². The van der Waals surface area contributed by atoms with Gasteiger partial charge in [0.05, 0.1) is 16.7 Å². The molecule has 0 atom stereocenters. The Balaban J connectivity index is 1.06. The maximum Gasteiger partial charge on any atom is 0.164 e. The average molecular weight is 767 g/mol. The van der Waals surface area contributed by atoms with Crippen molar-refractivity contribution >= 4 is 54.5 Å². The van der Waals surface area contributed by atoms with E-state index in [-0.39, 0.29) is 0 Å². The Labute approximate surface area is 345 Å². The topological polar surface area (TPSA) is 56.7 Å². The van der Waals surface area contributed by atoms with Crippen LogP contribution in [0.15, 0.2) is 211 Å². The Morgan fingerprint density at radius 2 is 0.883 bits per heavy atom. The lowest BCUT2D eigenvalue weighted by Gasteiger charge is -2.13. The first-order valence-corrected chi connectivity index (χ1v) is 20.2. The second kappa shape index (κ2) is 13.8. The minimum absolute atomic E-state index is 0.603. The van der Waals surface area contributed by atoms with Crippen LogP contribution in [0.5, 0.6) is 0 Å². The highest BCUT2D eigenvalue weighted by molar-refractivity contribution is 6.16. The van der Waals surface area contributed by atoms with Crippen LogP contribution >= 0.6 is 0 Å². The van der Waals surface area contributed by atoms with Gasteiger partial charge in [-0.1, -0.05) is 164 Å². The van der Waals surface area contributed by atoms with E-state index in [2.05, 4.69) is 162 Å². The van der Waals surface area contributed by atoms with Crippen LogP contribution in [0.25, 0.3) is 117 Å². The van der Waals surface area contributed by atoms with Gasteiger partial charge in [0.15, 0.2) is 17.5 Å². The third-order valence-electron chi connectivity index (χ3n) is 11.6. The van der Waals surface area contributed by atoms with Crippen LogP contribution in [0.3, 0.4) is 0 Å². The van der Waals surface area contributed by atoms with Crippen LogP contribution in [0.4, 0.5) is 0 Å². The second-order valence-corrected chi connectivity index (χ2v) is 15.2. The van der Waals surface area contributed by atoms with Gasteiger partial charge in [0.2, 0.25) is 0 Å². The van der Waals surface area contributed by atoms with Gasteiger partial charge in [0.25, 0.3) is 0 Å². The van der Waals surface area contributed by atoms with Crippen LogP contribution in [0.1, 0.15) is 0 Å². The minimum Gasteiger partial charge on any atom is -0.456 e. The molecular weight excluding hydrogens is 733 g/mol. The predicted molar refractivity (Wildman–Crippen MR) is 246 cm³/mol. The Hall–Kier alpha value is -8.15. The van der Waals surface area contributed by atoms with Gasteiger partial charge in [-0.2, -0.15) is 0 Å². The summed E-state index contributed by atoms with van der Waals surface area (Å²) in [6.45, 7) is 0. The van der Waals surface area contributed by atoms with Crippen LogP contribution in [0.2, 0.25) is 0 Å². The molecule has 3 heterocycles. The smallest absolute Gasteiger partial charge is 0.164 e. The van der Waals surface area contributed by atoms with E-state index < -0.39 is 0 Å². The van der Waals surface area contributed by atoms with Crippen molar-refractivity contribution in [3.8, 4) is 62.1 Å². The van der Waals surface area contributed by atoms with Crippen molar-refractivity contribution in [3.05, 3.63) is 206 Å². The van der Waals surface area contributed by atoms with Crippen LogP contribution in [-0.2, 0) is 0 Å². The Kier molecular flexibility index (Phi) is 7.78. The maximum absolute atomic E-state index is 6.68. The van der Waals surface area contributed by atoms with Crippen molar-refractivity contribution < 1.29 is 4.42 Å². The first kappa shape index (κ1) is 33.9. The van der Waals surface area contributed by atoms with Gasteiger partial charge in [-0.25, -0.2) is 15.0 Å². The van der Waals surface area contributed by atoms with Crippen molar-refractivity contribution in [2.24, 2.45) is 0 Å². The van der Waals surface area contributed by atoms with E-state index in [4.69, 9.17) is 19.4 Å². The van der Waals surface area contributed by atoms with E-state index in [0.717, 1.165) is 77.6 Å². The zero-order valence-corrected chi connectivity index (χ0v) is 32.3. The molecule has 0 spiro atoms. The van der Waals surface area contributed by atoms with E-state index in [9.17, 15) is 0 Å². The zero-order chi connectivity index (χ0) is 39.6. The first-order chi connectivity index (χ1) is 29.7. The van der Waals surface area contributed by atoms with E-state index in [0.29, 0.717) is 17.5 Å². The number of furan rings is 1. The monoisotopic (exact) mass is 766 g/mol. The summed E-state index contributed by atoms with van der Waals surface area (Å²) in [5.74, 6) is 1.84. The molecule has 0 fully saturated rings. The molecule has 12 rings (SSSR count). The summed E-state index contributed by atoms with van der Waals surface area (Å²) >= 11 is 0. The number of benzene rings is 9. The molecule has 5 nitrogen and oxygen atoms in total. The molecule has 3 aromatic heterocycles. The summed E-state index contributed by atoms with van der Waals surface area (Å²) in [5, 5.41) is 6.98. The molecule has 0 unspecified atom stereocenters. The fourth-order valence-corrected chi connectivity index (χ4v) is 8.75. The molecule has 9 aromatic carbocycles. The lowest BCUT2D eigenvalue weighted by atomic mass is 9.97. The Morgan fingerprint density at radius 1 is 0.333 bits per heavy atom. The van der Waals surface area contributed by atoms with E-state index >= 15 is 0 Å². The van der Waals surface area contributed by atoms with Gasteiger partial charge in [0.1, 0.15) is 11.2 Å². The molecule has 0 saturated carbocycles. The summed E-state index contributed by atoms with van der Waals surface area (Å²) in [7, 11) is 0. The largest absolute Gasteiger partial charge is 0.456 e. The van der Waals surface area contributed by atoms with E-state index in [1.807, 2.05) is 48.5 Å². The fourth-order valence-electron chi connectivity index (χ4n) is 8.75. The quantitative estimate of drug-likeness (QED) is 0.169. The number of fused-ring (bicyclic) bond motifs is 7. The van der Waals surface area contributed by atoms with E-state index in [1.165, 1.54) is 21.5 Å². The minimum atomic E-state index is 0.603. The molecule has 5 heteroatoms. The highest BCUT2D eigenvalue weighted by atomic mass is 16.3. The number of hydrogen-bond donors (Lipinski definition) is 0. The lowest BCUT2D eigenvalue weighted by molar-refractivity contribution is 0.668. The normalized spacial score (nSPS) is 11.7. The lowest BCUT2D eigenvalue weighted by Crippen LogP contribution is -2.00. The zero-order valence-electron chi connectivity index (χ0n) is 32.3.